The van der Waals surface area contributed by atoms with Crippen molar-refractivity contribution in [3.63, 3.8) is 0 Å². The predicted molar refractivity (Wildman–Crippen MR) is 106 cm³/mol. The molecule has 28 heavy (non-hydrogen) atoms. The zero-order chi connectivity index (χ0) is 20.8. The van der Waals surface area contributed by atoms with Crippen molar-refractivity contribution in [1.82, 2.24) is 16.0 Å². The highest BCUT2D eigenvalue weighted by atomic mass is 16.2. The number of Topliss-reactive ketones (excluding diaryl/α,β-unsaturated/α-hetero) is 1. The molecule has 0 radical (unpaired) electrons. The summed E-state index contributed by atoms with van der Waals surface area (Å²) >= 11 is 0. The first-order valence-electron chi connectivity index (χ1n) is 9.62. The molecular formula is C20H30N4O4. The lowest BCUT2D eigenvalue weighted by Gasteiger charge is -2.16. The molecule has 1 aromatic carbocycles. The number of nitrogens with two attached hydrogens (primary N) is 1. The Kier molecular flexibility index (Phi) is 11.0. The van der Waals surface area contributed by atoms with E-state index in [2.05, 4.69) is 22.9 Å². The lowest BCUT2D eigenvalue weighted by atomic mass is 10.1. The monoisotopic (exact) mass is 390 g/mol. The minimum absolute atomic E-state index is 0.265. The average Bonchev–Trinajstić information content (AvgIpc) is 2.67. The molecule has 0 aromatic heterocycles. The van der Waals surface area contributed by atoms with Gasteiger partial charge in [0.25, 0.3) is 5.91 Å². The zero-order valence-electron chi connectivity index (χ0n) is 16.3. The van der Waals surface area contributed by atoms with E-state index in [4.69, 9.17) is 5.73 Å². The molecule has 0 heterocycles. The number of benzene rings is 1. The Bertz CT molecular complexity index is 649. The van der Waals surface area contributed by atoms with Crippen LogP contribution in [0.1, 0.15) is 44.6 Å². The quantitative estimate of drug-likeness (QED) is 0.296. The average molecular weight is 390 g/mol. The van der Waals surface area contributed by atoms with Crippen molar-refractivity contribution >= 4 is 23.6 Å². The number of urea groups is 1. The first kappa shape index (κ1) is 23.1. The van der Waals surface area contributed by atoms with Crippen molar-refractivity contribution in [2.45, 2.75) is 51.5 Å². The molecule has 0 saturated carbocycles. The van der Waals surface area contributed by atoms with Crippen molar-refractivity contribution in [3.8, 4) is 0 Å². The van der Waals surface area contributed by atoms with Crippen molar-refractivity contribution in [2.75, 3.05) is 13.1 Å². The van der Waals surface area contributed by atoms with Gasteiger partial charge in [-0.1, -0.05) is 56.5 Å². The molecule has 0 spiro atoms. The first-order valence-corrected chi connectivity index (χ1v) is 9.62. The molecule has 4 amide bonds. The highest BCUT2D eigenvalue weighted by Crippen LogP contribution is 2.00. The number of rotatable bonds is 13. The van der Waals surface area contributed by atoms with Crippen molar-refractivity contribution < 1.29 is 19.2 Å². The fourth-order valence-electron chi connectivity index (χ4n) is 2.58. The Morgan fingerprint density at radius 2 is 1.68 bits per heavy atom. The Hall–Kier alpha value is -2.90. The van der Waals surface area contributed by atoms with Gasteiger partial charge in [0.2, 0.25) is 11.7 Å². The van der Waals surface area contributed by atoms with E-state index in [9.17, 15) is 19.2 Å². The summed E-state index contributed by atoms with van der Waals surface area (Å²) in [7, 11) is 0. The molecule has 0 aliphatic rings. The zero-order valence-corrected chi connectivity index (χ0v) is 16.3. The maximum Gasteiger partial charge on any atom is 0.315 e. The second kappa shape index (κ2) is 13.3. The van der Waals surface area contributed by atoms with Crippen LogP contribution < -0.4 is 21.7 Å². The van der Waals surface area contributed by atoms with Crippen LogP contribution in [0.5, 0.6) is 0 Å². The van der Waals surface area contributed by atoms with Gasteiger partial charge in [0.15, 0.2) is 0 Å². The maximum atomic E-state index is 12.3. The molecule has 0 bridgehead atoms. The van der Waals surface area contributed by atoms with E-state index >= 15 is 0 Å². The number of hydrogen-bond acceptors (Lipinski definition) is 4. The van der Waals surface area contributed by atoms with Crippen LogP contribution in [-0.2, 0) is 20.8 Å². The normalized spacial score (nSPS) is 11.3. The van der Waals surface area contributed by atoms with Gasteiger partial charge < -0.3 is 21.7 Å². The van der Waals surface area contributed by atoms with E-state index in [0.717, 1.165) is 31.2 Å². The van der Waals surface area contributed by atoms with Crippen LogP contribution in [0.25, 0.3) is 0 Å². The third-order valence-corrected chi connectivity index (χ3v) is 4.11. The molecule has 0 fully saturated rings. The number of primary amides is 1. The second-order valence-electron chi connectivity index (χ2n) is 6.54. The smallest absolute Gasteiger partial charge is 0.315 e. The minimum Gasteiger partial charge on any atom is -0.370 e. The molecule has 1 atom stereocenters. The highest BCUT2D eigenvalue weighted by Gasteiger charge is 2.28. The fourth-order valence-corrected chi connectivity index (χ4v) is 2.58. The number of hydrogen-bond donors (Lipinski definition) is 4. The van der Waals surface area contributed by atoms with Gasteiger partial charge in [-0.15, -0.1) is 0 Å². The highest BCUT2D eigenvalue weighted by molar-refractivity contribution is 6.38. The molecule has 0 aliphatic heterocycles. The summed E-state index contributed by atoms with van der Waals surface area (Å²) in [6, 6.07) is 7.59. The summed E-state index contributed by atoms with van der Waals surface area (Å²) in [4.78, 5) is 47.5. The number of nitrogens with one attached hydrogen (secondary N) is 3. The molecular weight excluding hydrogens is 360 g/mol. The van der Waals surface area contributed by atoms with E-state index in [1.165, 1.54) is 0 Å². The standard InChI is InChI=1S/C20H30N4O4/c1-2-3-4-8-12-23-20(28)24-16(14-17(21)25)18(26)19(27)22-13-11-15-9-6-5-7-10-15/h5-7,9-10,16H,2-4,8,11-14H2,1H3,(H2,21,25)(H,22,27)(H2,23,24,28)/t16-/m1/s1. The number of ketones is 1. The molecule has 8 heteroatoms. The van der Waals surface area contributed by atoms with Crippen molar-refractivity contribution in [2.24, 2.45) is 5.73 Å². The molecule has 0 aliphatic carbocycles. The molecule has 8 nitrogen and oxygen atoms in total. The van der Waals surface area contributed by atoms with E-state index < -0.39 is 36.1 Å². The van der Waals surface area contributed by atoms with Gasteiger partial charge in [-0.2, -0.15) is 0 Å². The van der Waals surface area contributed by atoms with Crippen LogP contribution in [0.2, 0.25) is 0 Å². The second-order valence-corrected chi connectivity index (χ2v) is 6.54. The van der Waals surface area contributed by atoms with Crippen LogP contribution in [0.3, 0.4) is 0 Å². The summed E-state index contributed by atoms with van der Waals surface area (Å²) in [6.45, 7) is 2.80. The first-order chi connectivity index (χ1) is 13.4. The predicted octanol–water partition coefficient (Wildman–Crippen LogP) is 1.04. The van der Waals surface area contributed by atoms with Crippen molar-refractivity contribution in [1.29, 1.82) is 0 Å². The molecule has 1 rings (SSSR count). The summed E-state index contributed by atoms with van der Waals surface area (Å²) in [6.07, 6.45) is 4.09. The lowest BCUT2D eigenvalue weighted by Crippen LogP contribution is -2.52. The third kappa shape index (κ3) is 9.70. The topological polar surface area (TPSA) is 130 Å². The fraction of sp³-hybridized carbons (Fsp3) is 0.500. The minimum atomic E-state index is -1.29. The maximum absolute atomic E-state index is 12.3. The van der Waals surface area contributed by atoms with Crippen LogP contribution in [0.4, 0.5) is 4.79 Å². The summed E-state index contributed by atoms with van der Waals surface area (Å²) in [5.41, 5.74) is 6.16. The molecule has 0 unspecified atom stereocenters. The number of unbranched alkanes of at least 4 members (excludes halogenated alkanes) is 3. The molecule has 5 N–H and O–H groups in total. The molecule has 0 saturated heterocycles. The van der Waals surface area contributed by atoms with Crippen LogP contribution in [0, 0.1) is 0 Å². The Morgan fingerprint density at radius 3 is 2.32 bits per heavy atom. The van der Waals surface area contributed by atoms with Gasteiger partial charge in [-0.25, -0.2) is 4.79 Å². The Labute approximate surface area is 165 Å². The van der Waals surface area contributed by atoms with Gasteiger partial charge in [0.05, 0.1) is 6.42 Å². The largest absolute Gasteiger partial charge is 0.370 e. The molecule has 154 valence electrons. The summed E-state index contributed by atoms with van der Waals surface area (Å²) in [5.74, 6) is -2.53. The SMILES string of the molecule is CCCCCCNC(=O)N[C@H](CC(N)=O)C(=O)C(=O)NCCc1ccccc1. The van der Waals surface area contributed by atoms with Gasteiger partial charge in [0.1, 0.15) is 6.04 Å². The van der Waals surface area contributed by atoms with Gasteiger partial charge >= 0.3 is 6.03 Å². The number of amides is 4. The Balaban J connectivity index is 2.47. The van der Waals surface area contributed by atoms with Gasteiger partial charge in [-0.3, -0.25) is 14.4 Å². The van der Waals surface area contributed by atoms with Crippen molar-refractivity contribution in [3.05, 3.63) is 35.9 Å². The van der Waals surface area contributed by atoms with Crippen LogP contribution in [-0.4, -0.2) is 42.8 Å². The summed E-state index contributed by atoms with van der Waals surface area (Å²) < 4.78 is 0. The van der Waals surface area contributed by atoms with Crippen LogP contribution >= 0.6 is 0 Å². The third-order valence-electron chi connectivity index (χ3n) is 4.11. The number of carbonyl (C=O) groups is 4. The van der Waals surface area contributed by atoms with Gasteiger partial charge in [-0.05, 0) is 18.4 Å². The van der Waals surface area contributed by atoms with E-state index in [0.29, 0.717) is 13.0 Å². The Morgan fingerprint density at radius 1 is 0.964 bits per heavy atom. The number of carbonyl (C=O) groups excluding carboxylic acids is 4. The van der Waals surface area contributed by atoms with E-state index in [1.807, 2.05) is 30.3 Å². The van der Waals surface area contributed by atoms with E-state index in [1.54, 1.807) is 0 Å². The summed E-state index contributed by atoms with van der Waals surface area (Å²) in [5, 5.41) is 7.50. The molecule has 1 aromatic rings. The van der Waals surface area contributed by atoms with E-state index in [-0.39, 0.29) is 6.54 Å². The lowest BCUT2D eigenvalue weighted by molar-refractivity contribution is -0.139. The van der Waals surface area contributed by atoms with Gasteiger partial charge in [0, 0.05) is 13.1 Å². The van der Waals surface area contributed by atoms with Crippen LogP contribution in [0.15, 0.2) is 30.3 Å².